The highest BCUT2D eigenvalue weighted by atomic mass is 16.5. The summed E-state index contributed by atoms with van der Waals surface area (Å²) in [5.74, 6) is 2.16. The molecule has 0 N–H and O–H groups in total. The van der Waals surface area contributed by atoms with Crippen molar-refractivity contribution in [2.75, 3.05) is 33.9 Å². The zero-order valence-corrected chi connectivity index (χ0v) is 13.2. The fraction of sp³-hybridized carbons (Fsp3) is 0.588. The summed E-state index contributed by atoms with van der Waals surface area (Å²) in [5.41, 5.74) is 0.642. The fourth-order valence-electron chi connectivity index (χ4n) is 2.91. The Hall–Kier alpha value is -1.55. The average Bonchev–Trinajstić information content (AvgIpc) is 2.52. The first kappa shape index (κ1) is 15.8. The minimum atomic E-state index is 0.132. The molecule has 0 amide bonds. The summed E-state index contributed by atoms with van der Waals surface area (Å²) in [7, 11) is 3.19. The molecule has 4 nitrogen and oxygen atoms in total. The largest absolute Gasteiger partial charge is 0.497 e. The molecule has 1 aromatic carbocycles. The van der Waals surface area contributed by atoms with E-state index in [1.165, 1.54) is 12.8 Å². The fourth-order valence-corrected chi connectivity index (χ4v) is 2.91. The monoisotopic (exact) mass is 291 g/mol. The molecule has 1 fully saturated rings. The summed E-state index contributed by atoms with van der Waals surface area (Å²) in [5, 5.41) is 0. The van der Waals surface area contributed by atoms with Gasteiger partial charge in [0.1, 0.15) is 11.5 Å². The van der Waals surface area contributed by atoms with Crippen molar-refractivity contribution in [1.29, 1.82) is 0 Å². The van der Waals surface area contributed by atoms with Crippen LogP contribution in [0.25, 0.3) is 0 Å². The van der Waals surface area contributed by atoms with Gasteiger partial charge in [0.2, 0.25) is 0 Å². The third-order valence-corrected chi connectivity index (χ3v) is 4.11. The highest BCUT2D eigenvalue weighted by Gasteiger charge is 2.18. The normalized spacial score (nSPS) is 19.3. The number of hydrogen-bond donors (Lipinski definition) is 0. The van der Waals surface area contributed by atoms with Gasteiger partial charge in [-0.05, 0) is 37.4 Å². The number of ketones is 1. The van der Waals surface area contributed by atoms with Crippen LogP contribution < -0.4 is 9.47 Å². The summed E-state index contributed by atoms with van der Waals surface area (Å²) in [6, 6.07) is 5.35. The van der Waals surface area contributed by atoms with Gasteiger partial charge in [0.25, 0.3) is 0 Å². The van der Waals surface area contributed by atoms with Crippen molar-refractivity contribution in [1.82, 2.24) is 4.90 Å². The van der Waals surface area contributed by atoms with Crippen molar-refractivity contribution in [2.24, 2.45) is 5.92 Å². The third kappa shape index (κ3) is 4.21. The van der Waals surface area contributed by atoms with E-state index in [2.05, 4.69) is 11.8 Å². The molecular weight excluding hydrogens is 266 g/mol. The number of Topliss-reactive ketones (excluding diaryl/α,β-unsaturated/α-hetero) is 1. The van der Waals surface area contributed by atoms with E-state index < -0.39 is 0 Å². The van der Waals surface area contributed by atoms with Gasteiger partial charge in [-0.3, -0.25) is 4.79 Å². The number of rotatable bonds is 6. The quantitative estimate of drug-likeness (QED) is 0.755. The Bertz CT molecular complexity index is 487. The van der Waals surface area contributed by atoms with Crippen LogP contribution in [-0.2, 0) is 0 Å². The molecule has 0 spiro atoms. The van der Waals surface area contributed by atoms with Gasteiger partial charge in [-0.25, -0.2) is 0 Å². The maximum atomic E-state index is 12.4. The lowest BCUT2D eigenvalue weighted by molar-refractivity contribution is 0.0946. The highest BCUT2D eigenvalue weighted by Crippen LogP contribution is 2.26. The van der Waals surface area contributed by atoms with E-state index in [1.54, 1.807) is 32.4 Å². The number of ether oxygens (including phenoxy) is 2. The van der Waals surface area contributed by atoms with E-state index in [-0.39, 0.29) is 5.78 Å². The third-order valence-electron chi connectivity index (χ3n) is 4.11. The Labute approximate surface area is 127 Å². The molecule has 0 radical (unpaired) electrons. The summed E-state index contributed by atoms with van der Waals surface area (Å²) >= 11 is 0. The van der Waals surface area contributed by atoms with Crippen LogP contribution in [0, 0.1) is 5.92 Å². The number of piperidine rings is 1. The van der Waals surface area contributed by atoms with Crippen molar-refractivity contribution in [2.45, 2.75) is 26.2 Å². The number of carbonyl (C=O) groups is 1. The van der Waals surface area contributed by atoms with Gasteiger partial charge in [0, 0.05) is 25.6 Å². The van der Waals surface area contributed by atoms with Crippen molar-refractivity contribution in [3.63, 3.8) is 0 Å². The molecule has 0 aromatic heterocycles. The Kier molecular flexibility index (Phi) is 5.62. The molecule has 4 heteroatoms. The lowest BCUT2D eigenvalue weighted by Gasteiger charge is -2.30. The molecule has 1 atom stereocenters. The zero-order valence-electron chi connectivity index (χ0n) is 13.2. The van der Waals surface area contributed by atoms with Crippen LogP contribution in [0.2, 0.25) is 0 Å². The Morgan fingerprint density at radius 2 is 2.14 bits per heavy atom. The molecule has 1 aliphatic rings. The maximum Gasteiger partial charge on any atom is 0.167 e. The van der Waals surface area contributed by atoms with Crippen molar-refractivity contribution >= 4 is 5.78 Å². The predicted molar refractivity (Wildman–Crippen MR) is 83.3 cm³/mol. The Balaban J connectivity index is 1.96. The van der Waals surface area contributed by atoms with Crippen LogP contribution in [0.15, 0.2) is 18.2 Å². The molecule has 0 saturated carbocycles. The molecular formula is C17H25NO3. The number of methoxy groups -OCH3 is 2. The second-order valence-corrected chi connectivity index (χ2v) is 5.79. The van der Waals surface area contributed by atoms with Crippen LogP contribution in [0.1, 0.15) is 36.5 Å². The van der Waals surface area contributed by atoms with Gasteiger partial charge in [0.15, 0.2) is 5.78 Å². The van der Waals surface area contributed by atoms with E-state index in [1.807, 2.05) is 0 Å². The SMILES string of the molecule is COc1ccc(C(=O)CCN2CCCC(C)C2)c(OC)c1. The van der Waals surface area contributed by atoms with Gasteiger partial charge in [-0.2, -0.15) is 0 Å². The summed E-state index contributed by atoms with van der Waals surface area (Å²) in [4.78, 5) is 14.8. The van der Waals surface area contributed by atoms with Crippen LogP contribution in [-0.4, -0.2) is 44.5 Å². The minimum absolute atomic E-state index is 0.132. The summed E-state index contributed by atoms with van der Waals surface area (Å²) in [6.45, 7) is 5.32. The molecule has 1 aliphatic heterocycles. The Morgan fingerprint density at radius 3 is 2.81 bits per heavy atom. The molecule has 2 rings (SSSR count). The highest BCUT2D eigenvalue weighted by molar-refractivity contribution is 5.99. The molecule has 116 valence electrons. The molecule has 1 heterocycles. The van der Waals surface area contributed by atoms with E-state index in [9.17, 15) is 4.79 Å². The lowest BCUT2D eigenvalue weighted by atomic mass is 9.99. The Morgan fingerprint density at radius 1 is 1.33 bits per heavy atom. The van der Waals surface area contributed by atoms with Gasteiger partial charge >= 0.3 is 0 Å². The second-order valence-electron chi connectivity index (χ2n) is 5.79. The van der Waals surface area contributed by atoms with E-state index in [4.69, 9.17) is 9.47 Å². The number of likely N-dealkylation sites (tertiary alicyclic amines) is 1. The van der Waals surface area contributed by atoms with E-state index in [0.29, 0.717) is 23.5 Å². The number of carbonyl (C=O) groups excluding carboxylic acids is 1. The predicted octanol–water partition coefficient (Wildman–Crippen LogP) is 3.01. The van der Waals surface area contributed by atoms with Crippen LogP contribution in [0.4, 0.5) is 0 Å². The van der Waals surface area contributed by atoms with Gasteiger partial charge < -0.3 is 14.4 Å². The van der Waals surface area contributed by atoms with Gasteiger partial charge in [-0.15, -0.1) is 0 Å². The number of benzene rings is 1. The van der Waals surface area contributed by atoms with E-state index in [0.717, 1.165) is 25.6 Å². The first-order chi connectivity index (χ1) is 10.1. The van der Waals surface area contributed by atoms with Crippen molar-refractivity contribution in [3.8, 4) is 11.5 Å². The molecule has 0 aliphatic carbocycles. The molecule has 0 bridgehead atoms. The minimum Gasteiger partial charge on any atom is -0.497 e. The van der Waals surface area contributed by atoms with Crippen LogP contribution in [0.5, 0.6) is 11.5 Å². The summed E-state index contributed by atoms with van der Waals surface area (Å²) < 4.78 is 10.5. The lowest BCUT2D eigenvalue weighted by Crippen LogP contribution is -2.35. The first-order valence-electron chi connectivity index (χ1n) is 7.61. The van der Waals surface area contributed by atoms with Gasteiger partial charge in [-0.1, -0.05) is 6.92 Å². The number of nitrogens with zero attached hydrogens (tertiary/aromatic N) is 1. The van der Waals surface area contributed by atoms with Crippen LogP contribution >= 0.6 is 0 Å². The topological polar surface area (TPSA) is 38.8 Å². The standard InChI is InChI=1S/C17H25NO3/c1-13-5-4-9-18(12-13)10-8-16(19)15-7-6-14(20-2)11-17(15)21-3/h6-7,11,13H,4-5,8-10,12H2,1-3H3. The van der Waals surface area contributed by atoms with Crippen molar-refractivity contribution < 1.29 is 14.3 Å². The van der Waals surface area contributed by atoms with Crippen molar-refractivity contribution in [3.05, 3.63) is 23.8 Å². The first-order valence-corrected chi connectivity index (χ1v) is 7.61. The summed E-state index contributed by atoms with van der Waals surface area (Å²) in [6.07, 6.45) is 3.08. The number of hydrogen-bond acceptors (Lipinski definition) is 4. The maximum absolute atomic E-state index is 12.4. The molecule has 1 unspecified atom stereocenters. The zero-order chi connectivity index (χ0) is 15.2. The van der Waals surface area contributed by atoms with Gasteiger partial charge in [0.05, 0.1) is 19.8 Å². The molecule has 21 heavy (non-hydrogen) atoms. The van der Waals surface area contributed by atoms with E-state index >= 15 is 0 Å². The molecule has 1 saturated heterocycles. The smallest absolute Gasteiger partial charge is 0.167 e. The second kappa shape index (κ2) is 7.46. The van der Waals surface area contributed by atoms with Crippen LogP contribution in [0.3, 0.4) is 0 Å². The average molecular weight is 291 g/mol. The molecule has 1 aromatic rings.